The number of primary amides is 1. The molecule has 0 spiro atoms. The van der Waals surface area contributed by atoms with Crippen molar-refractivity contribution in [2.45, 2.75) is 70.0 Å². The lowest BCUT2D eigenvalue weighted by molar-refractivity contribution is -0.144. The predicted molar refractivity (Wildman–Crippen MR) is 128 cm³/mol. The van der Waals surface area contributed by atoms with E-state index in [1.807, 2.05) is 18.2 Å². The topological polar surface area (TPSA) is 130 Å². The Kier molecular flexibility index (Phi) is 7.65. The summed E-state index contributed by atoms with van der Waals surface area (Å²) in [5.74, 6) is 0.0975. The summed E-state index contributed by atoms with van der Waals surface area (Å²) >= 11 is 0. The van der Waals surface area contributed by atoms with E-state index in [1.54, 1.807) is 6.20 Å². The van der Waals surface area contributed by atoms with E-state index >= 15 is 0 Å². The quantitative estimate of drug-likeness (QED) is 0.450. The molecule has 36 heavy (non-hydrogen) atoms. The molecule has 3 aliphatic carbocycles. The van der Waals surface area contributed by atoms with Gasteiger partial charge in [-0.05, 0) is 68.2 Å². The van der Waals surface area contributed by atoms with E-state index in [-0.39, 0.29) is 29.7 Å². The minimum atomic E-state index is -4.33. The first-order valence-corrected chi connectivity index (χ1v) is 12.2. The van der Waals surface area contributed by atoms with Gasteiger partial charge in [0.25, 0.3) is 0 Å². The molecule has 3 aliphatic rings. The van der Waals surface area contributed by atoms with E-state index in [0.717, 1.165) is 42.2 Å². The molecule has 0 aromatic carbocycles. The Labute approximate surface area is 206 Å². The van der Waals surface area contributed by atoms with Gasteiger partial charge in [-0.1, -0.05) is 6.08 Å². The van der Waals surface area contributed by atoms with Crippen molar-refractivity contribution in [3.05, 3.63) is 30.0 Å². The fraction of sp³-hybridized carbons (Fsp3) is 0.520. The second-order valence-electron chi connectivity index (χ2n) is 9.62. The SMILES string of the molecule is NC(=O)C1CC1.O=C(CCC(F)(F)F)NC1CC=C(c2cc(NC(=O)C3CC3)nc3[nH]ccc23)CC1. The number of hydrogen-bond acceptors (Lipinski definition) is 4. The highest BCUT2D eigenvalue weighted by molar-refractivity contribution is 5.97. The Balaban J connectivity index is 0.000000445. The number of pyridine rings is 1. The molecule has 194 valence electrons. The Morgan fingerprint density at radius 2 is 1.83 bits per heavy atom. The third-order valence-corrected chi connectivity index (χ3v) is 6.47. The number of carbonyl (C=O) groups is 3. The molecule has 0 saturated heterocycles. The Bertz CT molecular complexity index is 1170. The summed E-state index contributed by atoms with van der Waals surface area (Å²) in [5, 5.41) is 6.52. The van der Waals surface area contributed by atoms with E-state index in [4.69, 9.17) is 5.73 Å². The highest BCUT2D eigenvalue weighted by Gasteiger charge is 2.31. The van der Waals surface area contributed by atoms with Crippen molar-refractivity contribution in [1.29, 1.82) is 0 Å². The number of alkyl halides is 3. The van der Waals surface area contributed by atoms with Crippen LogP contribution in [-0.2, 0) is 14.4 Å². The van der Waals surface area contributed by atoms with Crippen molar-refractivity contribution in [1.82, 2.24) is 15.3 Å². The minimum absolute atomic E-state index is 0.0152. The van der Waals surface area contributed by atoms with E-state index < -0.39 is 24.9 Å². The van der Waals surface area contributed by atoms with Crippen LogP contribution >= 0.6 is 0 Å². The van der Waals surface area contributed by atoms with Crippen LogP contribution in [0.5, 0.6) is 0 Å². The molecule has 2 fully saturated rings. The van der Waals surface area contributed by atoms with Crippen LogP contribution in [0.4, 0.5) is 19.0 Å². The predicted octanol–water partition coefficient (Wildman–Crippen LogP) is 4.19. The molecule has 1 unspecified atom stereocenters. The van der Waals surface area contributed by atoms with Gasteiger partial charge in [0.15, 0.2) is 0 Å². The number of nitrogens with one attached hydrogen (secondary N) is 3. The molecule has 1 atom stereocenters. The number of rotatable bonds is 7. The summed E-state index contributed by atoms with van der Waals surface area (Å²) in [4.78, 5) is 41.4. The van der Waals surface area contributed by atoms with E-state index in [9.17, 15) is 27.6 Å². The standard InChI is InChI=1S/C21H23F3N4O2.C4H7NO/c22-21(23,24)9-7-18(29)26-14-5-3-12(4-6-14)16-11-17(28-20(30)13-1-2-13)27-19-15(16)8-10-25-19;5-4(6)3-1-2-3/h3,8,10-11,13-14H,1-2,4-7,9H2,(H,26,29)(H2,25,27,28,30);3H,1-2H2,(H2,5,6). The number of hydrogen-bond donors (Lipinski definition) is 4. The van der Waals surface area contributed by atoms with Crippen LogP contribution < -0.4 is 16.4 Å². The summed E-state index contributed by atoms with van der Waals surface area (Å²) in [7, 11) is 0. The number of nitrogens with zero attached hydrogens (tertiary/aromatic N) is 1. The summed E-state index contributed by atoms with van der Waals surface area (Å²) in [5.41, 5.74) is 7.58. The molecule has 5 rings (SSSR count). The van der Waals surface area contributed by atoms with Crippen LogP contribution in [0.3, 0.4) is 0 Å². The maximum absolute atomic E-state index is 12.3. The van der Waals surface area contributed by atoms with Gasteiger partial charge in [0, 0.05) is 35.9 Å². The second-order valence-corrected chi connectivity index (χ2v) is 9.62. The number of carbonyl (C=O) groups excluding carboxylic acids is 3. The number of nitrogens with two attached hydrogens (primary N) is 1. The molecule has 2 aromatic rings. The summed E-state index contributed by atoms with van der Waals surface area (Å²) < 4.78 is 36.8. The highest BCUT2D eigenvalue weighted by atomic mass is 19.4. The van der Waals surface area contributed by atoms with Gasteiger partial charge in [-0.25, -0.2) is 4.98 Å². The largest absolute Gasteiger partial charge is 0.389 e. The molecule has 0 aliphatic heterocycles. The van der Waals surface area contributed by atoms with Crippen molar-refractivity contribution in [3.63, 3.8) is 0 Å². The van der Waals surface area contributed by atoms with Gasteiger partial charge >= 0.3 is 6.18 Å². The van der Waals surface area contributed by atoms with Gasteiger partial charge in [0.2, 0.25) is 17.7 Å². The summed E-state index contributed by atoms with van der Waals surface area (Å²) in [6.45, 7) is 0. The van der Waals surface area contributed by atoms with Crippen LogP contribution in [0.25, 0.3) is 16.6 Å². The molecule has 2 aromatic heterocycles. The van der Waals surface area contributed by atoms with Gasteiger partial charge < -0.3 is 21.4 Å². The maximum Gasteiger partial charge on any atom is 0.389 e. The molecule has 0 bridgehead atoms. The summed E-state index contributed by atoms with van der Waals surface area (Å²) in [6.07, 6.45) is 3.54. The number of fused-ring (bicyclic) bond motifs is 1. The van der Waals surface area contributed by atoms with Gasteiger partial charge in [-0.3, -0.25) is 14.4 Å². The Hall–Kier alpha value is -3.37. The number of amides is 3. The molecule has 3 amide bonds. The number of aromatic nitrogens is 2. The lowest BCUT2D eigenvalue weighted by Gasteiger charge is -2.24. The zero-order valence-corrected chi connectivity index (χ0v) is 19.8. The zero-order valence-electron chi connectivity index (χ0n) is 19.8. The minimum Gasteiger partial charge on any atom is -0.369 e. The van der Waals surface area contributed by atoms with Gasteiger partial charge in [0.05, 0.1) is 6.42 Å². The maximum atomic E-state index is 12.3. The second kappa shape index (κ2) is 10.7. The Morgan fingerprint density at radius 1 is 1.11 bits per heavy atom. The average Bonchev–Trinajstić information content (AvgIpc) is 3.74. The summed E-state index contributed by atoms with van der Waals surface area (Å²) in [6, 6.07) is 3.62. The highest BCUT2D eigenvalue weighted by Crippen LogP contribution is 2.34. The molecule has 11 heteroatoms. The fourth-order valence-electron chi connectivity index (χ4n) is 4.07. The molecule has 2 saturated carbocycles. The lowest BCUT2D eigenvalue weighted by atomic mass is 9.89. The van der Waals surface area contributed by atoms with Crippen molar-refractivity contribution >= 4 is 40.1 Å². The number of H-pyrrole nitrogens is 1. The monoisotopic (exact) mass is 505 g/mol. The van der Waals surface area contributed by atoms with Crippen LogP contribution in [0.15, 0.2) is 24.4 Å². The first-order chi connectivity index (χ1) is 17.1. The third kappa shape index (κ3) is 7.32. The number of allylic oxidation sites excluding steroid dienone is 1. The molecular weight excluding hydrogens is 475 g/mol. The zero-order chi connectivity index (χ0) is 25.9. The molecule has 2 heterocycles. The first kappa shape index (κ1) is 25.7. The van der Waals surface area contributed by atoms with Gasteiger partial charge in [-0.2, -0.15) is 13.2 Å². The Morgan fingerprint density at radius 3 is 2.39 bits per heavy atom. The average molecular weight is 506 g/mol. The first-order valence-electron chi connectivity index (χ1n) is 12.2. The third-order valence-electron chi connectivity index (χ3n) is 6.47. The number of halogens is 3. The smallest absolute Gasteiger partial charge is 0.369 e. The van der Waals surface area contributed by atoms with Crippen molar-refractivity contribution in [3.8, 4) is 0 Å². The number of aromatic amines is 1. The number of anilines is 1. The molecule has 8 nitrogen and oxygen atoms in total. The normalized spacial score (nSPS) is 19.6. The van der Waals surface area contributed by atoms with E-state index in [0.29, 0.717) is 30.7 Å². The van der Waals surface area contributed by atoms with Gasteiger partial charge in [-0.15, -0.1) is 0 Å². The van der Waals surface area contributed by atoms with Crippen LogP contribution in [0, 0.1) is 11.8 Å². The van der Waals surface area contributed by atoms with Crippen molar-refractivity contribution in [2.24, 2.45) is 17.6 Å². The van der Waals surface area contributed by atoms with Crippen LogP contribution in [-0.4, -0.2) is 39.9 Å². The van der Waals surface area contributed by atoms with Crippen molar-refractivity contribution < 1.29 is 27.6 Å². The van der Waals surface area contributed by atoms with E-state index in [2.05, 4.69) is 20.6 Å². The van der Waals surface area contributed by atoms with Crippen molar-refractivity contribution in [2.75, 3.05) is 5.32 Å². The molecule has 5 N–H and O–H groups in total. The van der Waals surface area contributed by atoms with E-state index in [1.165, 1.54) is 0 Å². The lowest BCUT2D eigenvalue weighted by Crippen LogP contribution is -2.36. The van der Waals surface area contributed by atoms with Gasteiger partial charge in [0.1, 0.15) is 11.5 Å². The van der Waals surface area contributed by atoms with Crippen LogP contribution in [0.1, 0.15) is 63.4 Å². The fourth-order valence-corrected chi connectivity index (χ4v) is 4.07. The molecular formula is C25H30F3N5O3. The van der Waals surface area contributed by atoms with Crippen LogP contribution in [0.2, 0.25) is 0 Å². The molecule has 0 radical (unpaired) electrons.